The fourth-order valence-electron chi connectivity index (χ4n) is 4.35. The van der Waals surface area contributed by atoms with Gasteiger partial charge >= 0.3 is 17.9 Å². The van der Waals surface area contributed by atoms with Crippen LogP contribution in [0.5, 0.6) is 0 Å². The van der Waals surface area contributed by atoms with E-state index in [1.165, 1.54) is 12.1 Å². The van der Waals surface area contributed by atoms with Gasteiger partial charge in [0.15, 0.2) is 5.78 Å². The number of carbonyl (C=O) groups is 5. The van der Waals surface area contributed by atoms with Crippen molar-refractivity contribution in [3.05, 3.63) is 57.5 Å². The third-order valence-electron chi connectivity index (χ3n) is 6.51. The Morgan fingerprint density at radius 3 is 2.29 bits per heavy atom. The van der Waals surface area contributed by atoms with Crippen LogP contribution in [0.25, 0.3) is 11.0 Å². The van der Waals surface area contributed by atoms with Crippen LogP contribution in [0, 0.1) is 5.92 Å². The second-order valence-corrected chi connectivity index (χ2v) is 9.47. The fraction of sp³-hybridized carbons (Fsp3) is 0.346. The van der Waals surface area contributed by atoms with Crippen LogP contribution in [0.2, 0.25) is 0 Å². The molecule has 41 heavy (non-hydrogen) atoms. The van der Waals surface area contributed by atoms with Crippen molar-refractivity contribution in [2.75, 3.05) is 5.73 Å². The van der Waals surface area contributed by atoms with Crippen molar-refractivity contribution in [2.45, 2.75) is 50.6 Å². The largest absolute Gasteiger partial charge is 0.481 e. The number of carboxylic acid groups (broad SMARTS) is 3. The summed E-state index contributed by atoms with van der Waals surface area (Å²) in [6.45, 7) is 0. The number of hydrogen-bond acceptors (Lipinski definition) is 9. The molecule has 10 N–H and O–H groups in total. The van der Waals surface area contributed by atoms with Gasteiger partial charge in [-0.1, -0.05) is 12.1 Å². The molecule has 0 bridgehead atoms. The molecule has 1 unspecified atom stereocenters. The molecule has 15 heteroatoms. The fourth-order valence-corrected chi connectivity index (χ4v) is 4.35. The highest BCUT2D eigenvalue weighted by molar-refractivity contribution is 6.04. The number of ketones is 1. The lowest BCUT2D eigenvalue weighted by molar-refractivity contribution is -0.148. The number of nitrogen functional groups attached to an aromatic ring is 1. The molecule has 0 radical (unpaired) electrons. The normalized spacial score (nSPS) is 13.3. The van der Waals surface area contributed by atoms with E-state index >= 15 is 0 Å². The van der Waals surface area contributed by atoms with Crippen LogP contribution < -0.4 is 22.3 Å². The number of carboxylic acids is 3. The predicted molar refractivity (Wildman–Crippen MR) is 144 cm³/mol. The number of H-pyrrole nitrogens is 2. The molecule has 15 nitrogen and oxygen atoms in total. The van der Waals surface area contributed by atoms with Crippen molar-refractivity contribution >= 4 is 46.6 Å². The summed E-state index contributed by atoms with van der Waals surface area (Å²) in [5.74, 6) is -8.04. The summed E-state index contributed by atoms with van der Waals surface area (Å²) in [5.41, 5.74) is 12.8. The number of rotatable bonds is 15. The zero-order valence-corrected chi connectivity index (χ0v) is 21.8. The number of carbonyl (C=O) groups excluding carboxylic acids is 2. The zero-order chi connectivity index (χ0) is 30.3. The molecular formula is C26H30N6O9. The minimum Gasteiger partial charge on any atom is -0.481 e. The quantitative estimate of drug-likeness (QED) is 0.113. The van der Waals surface area contributed by atoms with Crippen molar-refractivity contribution in [1.82, 2.24) is 20.3 Å². The van der Waals surface area contributed by atoms with E-state index in [2.05, 4.69) is 20.3 Å². The number of aromatic amines is 2. The number of nitrogens with zero attached hydrogens (tertiary/aromatic N) is 1. The first-order chi connectivity index (χ1) is 19.4. The first-order valence-electron chi connectivity index (χ1n) is 12.6. The lowest BCUT2D eigenvalue weighted by atomic mass is 9.89. The lowest BCUT2D eigenvalue weighted by Gasteiger charge is -2.22. The Labute approximate surface area is 232 Å². The van der Waals surface area contributed by atoms with Crippen LogP contribution in [-0.4, -0.2) is 72.0 Å². The van der Waals surface area contributed by atoms with Crippen LogP contribution >= 0.6 is 0 Å². The number of aliphatic carboxylic acids is 3. The molecule has 0 aliphatic heterocycles. The summed E-state index contributed by atoms with van der Waals surface area (Å²) in [7, 11) is 0. The number of Topliss-reactive ketones (excluding diaryl/α,β-unsaturated/α-hetero) is 1. The Bertz CT molecular complexity index is 1510. The second kappa shape index (κ2) is 13.3. The molecule has 0 saturated heterocycles. The zero-order valence-electron chi connectivity index (χ0n) is 21.8. The highest BCUT2D eigenvalue weighted by atomic mass is 16.4. The highest BCUT2D eigenvalue weighted by Gasteiger charge is 2.36. The van der Waals surface area contributed by atoms with Crippen molar-refractivity contribution in [1.29, 1.82) is 0 Å². The Balaban J connectivity index is 1.65. The van der Waals surface area contributed by atoms with Crippen molar-refractivity contribution in [2.24, 2.45) is 11.7 Å². The molecule has 1 amide bonds. The topological polar surface area (TPSA) is 272 Å². The maximum Gasteiger partial charge on any atom is 0.320 e. The lowest BCUT2D eigenvalue weighted by Crippen LogP contribution is -2.47. The number of nitrogens with one attached hydrogen (secondary N) is 3. The number of fused-ring (bicyclic) bond motifs is 1. The van der Waals surface area contributed by atoms with Crippen LogP contribution in [-0.2, 0) is 32.0 Å². The molecule has 218 valence electrons. The molecule has 3 atom stereocenters. The van der Waals surface area contributed by atoms with E-state index in [1.807, 2.05) is 0 Å². The van der Waals surface area contributed by atoms with E-state index in [-0.39, 0.29) is 17.1 Å². The highest BCUT2D eigenvalue weighted by Crippen LogP contribution is 2.17. The molecule has 0 spiro atoms. The predicted octanol–water partition coefficient (Wildman–Crippen LogP) is 0.0438. The van der Waals surface area contributed by atoms with Gasteiger partial charge in [0.1, 0.15) is 17.6 Å². The van der Waals surface area contributed by atoms with Crippen molar-refractivity contribution in [3.8, 4) is 0 Å². The number of hydrogen-bond donors (Lipinski definition) is 8. The second-order valence-electron chi connectivity index (χ2n) is 9.47. The number of nitrogens with two attached hydrogens (primary N) is 2. The number of amides is 1. The number of anilines is 1. The van der Waals surface area contributed by atoms with E-state index in [0.29, 0.717) is 30.3 Å². The molecule has 0 saturated carbocycles. The Morgan fingerprint density at radius 1 is 1.00 bits per heavy atom. The number of benzene rings is 1. The minimum absolute atomic E-state index is 0.0155. The molecule has 3 aromatic rings. The summed E-state index contributed by atoms with van der Waals surface area (Å²) >= 11 is 0. The minimum atomic E-state index is -1.86. The average molecular weight is 571 g/mol. The Kier molecular flexibility index (Phi) is 9.92. The number of aromatic nitrogens is 3. The molecular weight excluding hydrogens is 540 g/mol. The summed E-state index contributed by atoms with van der Waals surface area (Å²) in [4.78, 5) is 81.3. The summed E-state index contributed by atoms with van der Waals surface area (Å²) in [5, 5.41) is 30.3. The Morgan fingerprint density at radius 2 is 1.68 bits per heavy atom. The molecule has 2 heterocycles. The van der Waals surface area contributed by atoms with Gasteiger partial charge in [-0.05, 0) is 55.4 Å². The van der Waals surface area contributed by atoms with Gasteiger partial charge in [-0.15, -0.1) is 0 Å². The van der Waals surface area contributed by atoms with Crippen LogP contribution in [0.15, 0.2) is 35.3 Å². The first-order valence-corrected chi connectivity index (χ1v) is 12.6. The van der Waals surface area contributed by atoms with Crippen LogP contribution in [0.3, 0.4) is 0 Å². The first kappa shape index (κ1) is 30.5. The molecule has 2 aromatic heterocycles. The molecule has 0 fully saturated rings. The monoisotopic (exact) mass is 570 g/mol. The van der Waals surface area contributed by atoms with Gasteiger partial charge in [0.05, 0.1) is 11.4 Å². The van der Waals surface area contributed by atoms with E-state index in [0.717, 1.165) is 11.1 Å². The van der Waals surface area contributed by atoms with Gasteiger partial charge < -0.3 is 37.1 Å². The summed E-state index contributed by atoms with van der Waals surface area (Å²) in [6.07, 6.45) is 1.88. The number of aryl methyl sites for hydroxylation is 2. The molecule has 1 aromatic carbocycles. The average Bonchev–Trinajstić information content (AvgIpc) is 3.31. The maximum atomic E-state index is 12.9. The van der Waals surface area contributed by atoms with E-state index in [1.54, 1.807) is 18.3 Å². The smallest absolute Gasteiger partial charge is 0.320 e. The van der Waals surface area contributed by atoms with Gasteiger partial charge in [-0.25, -0.2) is 0 Å². The van der Waals surface area contributed by atoms with Gasteiger partial charge in [0.2, 0.25) is 5.95 Å². The van der Waals surface area contributed by atoms with Crippen molar-refractivity contribution in [3.63, 3.8) is 0 Å². The SMILES string of the molecule is Nc1nc2[nH]cc(CCCc3ccc(C(=O)N[C@@H](CCC(=O)O)C(=O)C(C[C@H](N)C(=O)O)C(=O)O)cc3)c2c(=O)[nH]1. The van der Waals surface area contributed by atoms with Crippen LogP contribution in [0.4, 0.5) is 5.95 Å². The third kappa shape index (κ3) is 7.98. The summed E-state index contributed by atoms with van der Waals surface area (Å²) in [6, 6.07) is 3.25. The van der Waals surface area contributed by atoms with E-state index in [4.69, 9.17) is 21.7 Å². The standard InChI is InChI=1S/C26H30N6O9/c27-16(25(40)41)10-15(24(38)39)20(35)17(8-9-18(33)34)30-22(36)13-6-4-12(5-7-13)2-1-3-14-11-29-21-19(14)23(37)32-26(28)31-21/h4-7,11,15-17H,1-3,8-10,27H2,(H,30,36)(H,33,34)(H,38,39)(H,40,41)(H4,28,29,31,32,37)/t15?,16-,17-/m0/s1. The molecule has 3 rings (SSSR count). The van der Waals surface area contributed by atoms with Gasteiger partial charge in [0, 0.05) is 18.2 Å². The third-order valence-corrected chi connectivity index (χ3v) is 6.51. The Hall–Kier alpha value is -5.05. The van der Waals surface area contributed by atoms with Gasteiger partial charge in [0.25, 0.3) is 11.5 Å². The summed E-state index contributed by atoms with van der Waals surface area (Å²) < 4.78 is 0. The molecule has 0 aliphatic rings. The van der Waals surface area contributed by atoms with E-state index in [9.17, 15) is 33.9 Å². The van der Waals surface area contributed by atoms with Gasteiger partial charge in [-0.3, -0.25) is 33.8 Å². The van der Waals surface area contributed by atoms with Crippen LogP contribution in [0.1, 0.15) is 47.2 Å². The maximum absolute atomic E-state index is 12.9. The molecule has 0 aliphatic carbocycles. The van der Waals surface area contributed by atoms with Crippen molar-refractivity contribution < 1.29 is 39.3 Å². The van der Waals surface area contributed by atoms with Gasteiger partial charge in [-0.2, -0.15) is 4.98 Å². The van der Waals surface area contributed by atoms with E-state index < -0.39 is 66.9 Å².